The average Bonchev–Trinajstić information content (AvgIpc) is 2.17. The number of aromatic nitrogens is 1. The van der Waals surface area contributed by atoms with E-state index in [1.807, 2.05) is 12.1 Å². The predicted octanol–water partition coefficient (Wildman–Crippen LogP) is 1.35. The number of thiocarbonyl (C=S) groups is 1. The van der Waals surface area contributed by atoms with Gasteiger partial charge in [0.25, 0.3) is 0 Å². The van der Waals surface area contributed by atoms with Crippen molar-refractivity contribution < 1.29 is 5.11 Å². The lowest BCUT2D eigenvalue weighted by atomic mass is 10.1. The van der Waals surface area contributed by atoms with Crippen LogP contribution in [0.15, 0.2) is 31.1 Å². The average molecular weight is 208 g/mol. The zero-order valence-electron chi connectivity index (χ0n) is 7.90. The summed E-state index contributed by atoms with van der Waals surface area (Å²) >= 11 is 5.04. The molecule has 3 nitrogen and oxygen atoms in total. The molecule has 0 spiro atoms. The van der Waals surface area contributed by atoms with E-state index in [1.54, 1.807) is 19.3 Å². The third kappa shape index (κ3) is 2.90. The van der Waals surface area contributed by atoms with Crippen molar-refractivity contribution in [1.82, 2.24) is 10.3 Å². The van der Waals surface area contributed by atoms with Crippen LogP contribution < -0.4 is 5.32 Å². The third-order valence-corrected chi connectivity index (χ3v) is 1.99. The number of pyridine rings is 1. The van der Waals surface area contributed by atoms with Gasteiger partial charge in [-0.05, 0) is 13.0 Å². The zero-order chi connectivity index (χ0) is 10.6. The fourth-order valence-corrected chi connectivity index (χ4v) is 1.24. The maximum Gasteiger partial charge on any atom is 0.122 e. The topological polar surface area (TPSA) is 45.1 Å². The summed E-state index contributed by atoms with van der Waals surface area (Å²) in [4.78, 5) is 4.39. The Balaban J connectivity index is 2.72. The Bertz CT molecular complexity index is 335. The van der Waals surface area contributed by atoms with E-state index < -0.39 is 6.23 Å². The number of aliphatic hydroxyl groups is 1. The van der Waals surface area contributed by atoms with Gasteiger partial charge in [-0.2, -0.15) is 0 Å². The fourth-order valence-electron chi connectivity index (χ4n) is 0.949. The molecule has 0 aliphatic rings. The molecule has 2 N–H and O–H groups in total. The van der Waals surface area contributed by atoms with Crippen molar-refractivity contribution in [2.24, 2.45) is 0 Å². The molecular weight excluding hydrogens is 196 g/mol. The Labute approximate surface area is 88.5 Å². The first-order valence-electron chi connectivity index (χ1n) is 4.19. The van der Waals surface area contributed by atoms with Crippen molar-refractivity contribution in [2.75, 3.05) is 0 Å². The number of hydrogen-bond acceptors (Lipinski definition) is 3. The van der Waals surface area contributed by atoms with Gasteiger partial charge in [0.1, 0.15) is 11.2 Å². The predicted molar refractivity (Wildman–Crippen MR) is 60.7 cm³/mol. The lowest BCUT2D eigenvalue weighted by molar-refractivity contribution is 0.181. The molecule has 14 heavy (non-hydrogen) atoms. The highest BCUT2D eigenvalue weighted by Crippen LogP contribution is 2.11. The van der Waals surface area contributed by atoms with Crippen molar-refractivity contribution >= 4 is 22.8 Å². The minimum absolute atomic E-state index is 0.438. The third-order valence-electron chi connectivity index (χ3n) is 1.62. The standard InChI is InChI=1S/C10H12N2OS/c1-7(10(14)12-8(2)13)9-4-3-5-11-6-9/h3-6,8,13H,1H2,2H3,(H,12,14). The van der Waals surface area contributed by atoms with E-state index in [0.29, 0.717) is 10.6 Å². The molecule has 1 unspecified atom stereocenters. The first kappa shape index (κ1) is 10.8. The molecule has 0 radical (unpaired) electrons. The molecule has 74 valence electrons. The lowest BCUT2D eigenvalue weighted by Gasteiger charge is -2.12. The van der Waals surface area contributed by atoms with Crippen LogP contribution in [0.2, 0.25) is 0 Å². The van der Waals surface area contributed by atoms with Crippen molar-refractivity contribution in [3.05, 3.63) is 36.7 Å². The summed E-state index contributed by atoms with van der Waals surface area (Å²) in [6, 6.07) is 3.68. The smallest absolute Gasteiger partial charge is 0.122 e. The normalized spacial score (nSPS) is 11.9. The Kier molecular flexibility index (Phi) is 3.73. The molecule has 1 aromatic heterocycles. The largest absolute Gasteiger partial charge is 0.374 e. The van der Waals surface area contributed by atoms with Gasteiger partial charge in [0.05, 0.1) is 0 Å². The van der Waals surface area contributed by atoms with Gasteiger partial charge in [-0.15, -0.1) is 0 Å². The quantitative estimate of drug-likeness (QED) is 0.447. The Hall–Kier alpha value is -1.26. The zero-order valence-corrected chi connectivity index (χ0v) is 8.71. The van der Waals surface area contributed by atoms with Gasteiger partial charge in [-0.25, -0.2) is 0 Å². The summed E-state index contributed by atoms with van der Waals surface area (Å²) in [5.74, 6) is 0. The Morgan fingerprint density at radius 2 is 2.43 bits per heavy atom. The molecule has 1 rings (SSSR count). The van der Waals surface area contributed by atoms with E-state index in [9.17, 15) is 0 Å². The van der Waals surface area contributed by atoms with E-state index in [4.69, 9.17) is 17.3 Å². The van der Waals surface area contributed by atoms with E-state index in [-0.39, 0.29) is 0 Å². The first-order valence-corrected chi connectivity index (χ1v) is 4.60. The van der Waals surface area contributed by atoms with Crippen molar-refractivity contribution in [3.8, 4) is 0 Å². The van der Waals surface area contributed by atoms with E-state index in [2.05, 4.69) is 16.9 Å². The maximum absolute atomic E-state index is 9.06. The van der Waals surface area contributed by atoms with Gasteiger partial charge in [-0.3, -0.25) is 4.98 Å². The molecule has 0 bridgehead atoms. The molecule has 1 atom stereocenters. The summed E-state index contributed by atoms with van der Waals surface area (Å²) in [7, 11) is 0. The van der Waals surface area contributed by atoms with E-state index in [0.717, 1.165) is 5.56 Å². The van der Waals surface area contributed by atoms with Crippen molar-refractivity contribution in [1.29, 1.82) is 0 Å². The molecule has 0 aliphatic carbocycles. The number of nitrogens with one attached hydrogen (secondary N) is 1. The molecule has 0 saturated carbocycles. The van der Waals surface area contributed by atoms with Crippen LogP contribution in [-0.2, 0) is 0 Å². The number of nitrogens with zero attached hydrogens (tertiary/aromatic N) is 1. The lowest BCUT2D eigenvalue weighted by Crippen LogP contribution is -2.31. The highest BCUT2D eigenvalue weighted by molar-refractivity contribution is 7.81. The monoisotopic (exact) mass is 208 g/mol. The van der Waals surface area contributed by atoms with Crippen LogP contribution in [-0.4, -0.2) is 21.3 Å². The summed E-state index contributed by atoms with van der Waals surface area (Å²) in [5, 5.41) is 11.8. The maximum atomic E-state index is 9.06. The van der Waals surface area contributed by atoms with Crippen LogP contribution in [0.25, 0.3) is 5.57 Å². The molecule has 4 heteroatoms. The van der Waals surface area contributed by atoms with Crippen LogP contribution >= 0.6 is 12.2 Å². The van der Waals surface area contributed by atoms with Gasteiger partial charge >= 0.3 is 0 Å². The second kappa shape index (κ2) is 4.83. The Morgan fingerprint density at radius 1 is 1.71 bits per heavy atom. The Morgan fingerprint density at radius 3 is 2.93 bits per heavy atom. The van der Waals surface area contributed by atoms with Crippen molar-refractivity contribution in [3.63, 3.8) is 0 Å². The van der Waals surface area contributed by atoms with Gasteiger partial charge in [0.2, 0.25) is 0 Å². The SMILES string of the molecule is C=C(C(=S)NC(C)O)c1cccnc1. The molecule has 0 aliphatic heterocycles. The van der Waals surface area contributed by atoms with Gasteiger partial charge in [0, 0.05) is 23.5 Å². The highest BCUT2D eigenvalue weighted by Gasteiger charge is 2.06. The van der Waals surface area contributed by atoms with Gasteiger partial charge in [-0.1, -0.05) is 24.9 Å². The number of aliphatic hydroxyl groups excluding tert-OH is 1. The first-order chi connectivity index (χ1) is 6.61. The number of hydrogen-bond donors (Lipinski definition) is 2. The molecule has 1 aromatic rings. The van der Waals surface area contributed by atoms with Gasteiger partial charge < -0.3 is 10.4 Å². The molecule has 0 amide bonds. The van der Waals surface area contributed by atoms with Crippen LogP contribution in [0.1, 0.15) is 12.5 Å². The van der Waals surface area contributed by atoms with E-state index in [1.165, 1.54) is 0 Å². The molecule has 0 fully saturated rings. The second-order valence-corrected chi connectivity index (χ2v) is 3.28. The minimum atomic E-state index is -0.670. The van der Waals surface area contributed by atoms with Crippen LogP contribution in [0.5, 0.6) is 0 Å². The van der Waals surface area contributed by atoms with E-state index >= 15 is 0 Å². The number of rotatable bonds is 3. The fraction of sp³-hybridized carbons (Fsp3) is 0.200. The molecule has 1 heterocycles. The summed E-state index contributed by atoms with van der Waals surface area (Å²) in [6.07, 6.45) is 2.69. The van der Waals surface area contributed by atoms with Crippen LogP contribution in [0, 0.1) is 0 Å². The van der Waals surface area contributed by atoms with Crippen LogP contribution in [0.3, 0.4) is 0 Å². The molecule has 0 aromatic carbocycles. The molecular formula is C10H12N2OS. The molecule has 0 saturated heterocycles. The summed E-state index contributed by atoms with van der Waals surface area (Å²) < 4.78 is 0. The summed E-state index contributed by atoms with van der Waals surface area (Å²) in [5.41, 5.74) is 1.51. The minimum Gasteiger partial charge on any atom is -0.374 e. The second-order valence-electron chi connectivity index (χ2n) is 2.87. The van der Waals surface area contributed by atoms with Crippen molar-refractivity contribution in [2.45, 2.75) is 13.2 Å². The van der Waals surface area contributed by atoms with Gasteiger partial charge in [0.15, 0.2) is 0 Å². The van der Waals surface area contributed by atoms with Crippen LogP contribution in [0.4, 0.5) is 0 Å². The summed E-state index contributed by atoms with van der Waals surface area (Å²) in [6.45, 7) is 5.42. The highest BCUT2D eigenvalue weighted by atomic mass is 32.1.